The molecule has 0 spiro atoms. The van der Waals surface area contributed by atoms with Crippen LogP contribution in [0.25, 0.3) is 11.3 Å². The van der Waals surface area contributed by atoms with Crippen molar-refractivity contribution in [2.45, 2.75) is 18.9 Å². The maximum atomic E-state index is 13.8. The Morgan fingerprint density at radius 3 is 2.90 bits per heavy atom. The molecule has 5 heteroatoms. The summed E-state index contributed by atoms with van der Waals surface area (Å²) in [5.41, 5.74) is 7.08. The molecule has 1 aromatic carbocycles. The van der Waals surface area contributed by atoms with Gasteiger partial charge in [0, 0.05) is 30.9 Å². The number of piperidine rings is 1. The van der Waals surface area contributed by atoms with Gasteiger partial charge in [-0.15, -0.1) is 0 Å². The quantitative estimate of drug-likeness (QED) is 0.910. The Morgan fingerprint density at radius 2 is 2.10 bits per heavy atom. The molecular formula is C15H17FN4. The van der Waals surface area contributed by atoms with Gasteiger partial charge in [-0.3, -0.25) is 0 Å². The summed E-state index contributed by atoms with van der Waals surface area (Å²) in [6.45, 7) is 1.65. The lowest BCUT2D eigenvalue weighted by Crippen LogP contribution is -2.43. The number of halogens is 1. The molecule has 3 rings (SSSR count). The predicted molar refractivity (Wildman–Crippen MR) is 76.8 cm³/mol. The second-order valence-electron chi connectivity index (χ2n) is 5.07. The van der Waals surface area contributed by atoms with Crippen molar-refractivity contribution in [3.05, 3.63) is 42.3 Å². The van der Waals surface area contributed by atoms with Crippen molar-refractivity contribution >= 4 is 5.95 Å². The minimum Gasteiger partial charge on any atom is -0.339 e. The Bertz CT molecular complexity index is 602. The number of aromatic nitrogens is 2. The van der Waals surface area contributed by atoms with Crippen LogP contribution in [-0.4, -0.2) is 29.1 Å². The maximum Gasteiger partial charge on any atom is 0.225 e. The van der Waals surface area contributed by atoms with Gasteiger partial charge < -0.3 is 10.6 Å². The van der Waals surface area contributed by atoms with Crippen molar-refractivity contribution in [1.29, 1.82) is 0 Å². The summed E-state index contributed by atoms with van der Waals surface area (Å²) >= 11 is 0. The van der Waals surface area contributed by atoms with Crippen LogP contribution in [-0.2, 0) is 0 Å². The maximum absolute atomic E-state index is 13.8. The lowest BCUT2D eigenvalue weighted by molar-refractivity contribution is 0.500. The zero-order chi connectivity index (χ0) is 13.9. The van der Waals surface area contributed by atoms with Gasteiger partial charge >= 0.3 is 0 Å². The summed E-state index contributed by atoms with van der Waals surface area (Å²) in [5.74, 6) is 0.355. The number of hydrogen-bond donors (Lipinski definition) is 1. The second-order valence-corrected chi connectivity index (χ2v) is 5.07. The van der Waals surface area contributed by atoms with Gasteiger partial charge in [0.2, 0.25) is 5.95 Å². The van der Waals surface area contributed by atoms with Crippen LogP contribution in [0.4, 0.5) is 10.3 Å². The molecule has 0 aliphatic carbocycles. The zero-order valence-electron chi connectivity index (χ0n) is 11.2. The first-order chi connectivity index (χ1) is 9.74. The molecule has 0 saturated carbocycles. The second kappa shape index (κ2) is 5.54. The Hall–Kier alpha value is -2.01. The molecule has 20 heavy (non-hydrogen) atoms. The van der Waals surface area contributed by atoms with Gasteiger partial charge in [0.1, 0.15) is 5.82 Å². The van der Waals surface area contributed by atoms with Crippen molar-refractivity contribution in [3.63, 3.8) is 0 Å². The molecule has 1 atom stereocenters. The van der Waals surface area contributed by atoms with E-state index in [0.29, 0.717) is 17.2 Å². The molecule has 0 amide bonds. The molecule has 104 valence electrons. The van der Waals surface area contributed by atoms with Gasteiger partial charge in [-0.05, 0) is 31.0 Å². The molecule has 2 N–H and O–H groups in total. The molecule has 4 nitrogen and oxygen atoms in total. The van der Waals surface area contributed by atoms with Crippen molar-refractivity contribution in [2.75, 3.05) is 18.0 Å². The van der Waals surface area contributed by atoms with Gasteiger partial charge in [0.25, 0.3) is 0 Å². The molecule has 0 radical (unpaired) electrons. The Morgan fingerprint density at radius 1 is 1.25 bits per heavy atom. The van der Waals surface area contributed by atoms with E-state index in [0.717, 1.165) is 25.9 Å². The fraction of sp³-hybridized carbons (Fsp3) is 0.333. The minimum absolute atomic E-state index is 0.157. The first-order valence-corrected chi connectivity index (χ1v) is 6.82. The molecule has 1 unspecified atom stereocenters. The predicted octanol–water partition coefficient (Wildman–Crippen LogP) is 2.21. The summed E-state index contributed by atoms with van der Waals surface area (Å²) in [4.78, 5) is 10.8. The largest absolute Gasteiger partial charge is 0.339 e. The van der Waals surface area contributed by atoms with Crippen molar-refractivity contribution < 1.29 is 4.39 Å². The van der Waals surface area contributed by atoms with Gasteiger partial charge in [0.05, 0.1) is 5.69 Å². The van der Waals surface area contributed by atoms with E-state index in [2.05, 4.69) is 14.9 Å². The SMILES string of the molecule is NC1CCCN(c2nccc(-c3ccccc3F)n2)C1. The normalized spacial score (nSPS) is 19.1. The van der Waals surface area contributed by atoms with Crippen molar-refractivity contribution in [2.24, 2.45) is 5.73 Å². The fourth-order valence-electron chi connectivity index (χ4n) is 2.51. The van der Waals surface area contributed by atoms with Crippen molar-refractivity contribution in [3.8, 4) is 11.3 Å². The molecule has 0 bridgehead atoms. The highest BCUT2D eigenvalue weighted by Gasteiger charge is 2.19. The first kappa shape index (κ1) is 13.0. The number of hydrogen-bond acceptors (Lipinski definition) is 4. The van der Waals surface area contributed by atoms with Crippen LogP contribution in [0.15, 0.2) is 36.5 Å². The number of anilines is 1. The fourth-order valence-corrected chi connectivity index (χ4v) is 2.51. The summed E-state index contributed by atoms with van der Waals surface area (Å²) in [6, 6.07) is 8.52. The van der Waals surface area contributed by atoms with E-state index >= 15 is 0 Å². The lowest BCUT2D eigenvalue weighted by atomic mass is 10.1. The van der Waals surface area contributed by atoms with E-state index in [4.69, 9.17) is 5.73 Å². The van der Waals surface area contributed by atoms with E-state index in [1.54, 1.807) is 30.5 Å². The monoisotopic (exact) mass is 272 g/mol. The average molecular weight is 272 g/mol. The van der Waals surface area contributed by atoms with E-state index in [1.165, 1.54) is 6.07 Å². The van der Waals surface area contributed by atoms with Gasteiger partial charge in [-0.2, -0.15) is 0 Å². The van der Waals surface area contributed by atoms with E-state index in [9.17, 15) is 4.39 Å². The van der Waals surface area contributed by atoms with Gasteiger partial charge in [-0.25, -0.2) is 14.4 Å². The van der Waals surface area contributed by atoms with E-state index in [1.807, 2.05) is 0 Å². The lowest BCUT2D eigenvalue weighted by Gasteiger charge is -2.30. The van der Waals surface area contributed by atoms with Gasteiger partial charge in [0.15, 0.2) is 0 Å². The van der Waals surface area contributed by atoms with E-state index in [-0.39, 0.29) is 11.9 Å². The molecular weight excluding hydrogens is 255 g/mol. The summed E-state index contributed by atoms with van der Waals surface area (Å²) in [6.07, 6.45) is 3.74. The Balaban J connectivity index is 1.92. The van der Waals surface area contributed by atoms with Gasteiger partial charge in [-0.1, -0.05) is 12.1 Å². The highest BCUT2D eigenvalue weighted by molar-refractivity contribution is 5.60. The van der Waals surface area contributed by atoms with Crippen LogP contribution in [0, 0.1) is 5.82 Å². The first-order valence-electron chi connectivity index (χ1n) is 6.82. The van der Waals surface area contributed by atoms with Crippen molar-refractivity contribution in [1.82, 2.24) is 9.97 Å². The number of rotatable bonds is 2. The zero-order valence-corrected chi connectivity index (χ0v) is 11.2. The molecule has 2 heterocycles. The number of benzene rings is 1. The molecule has 1 aromatic heterocycles. The standard InChI is InChI=1S/C15H17FN4/c16-13-6-2-1-5-12(13)14-7-8-18-15(19-14)20-9-3-4-11(17)10-20/h1-2,5-8,11H,3-4,9-10,17H2. The van der Waals surface area contributed by atoms with Crippen LogP contribution in [0.5, 0.6) is 0 Å². The summed E-state index contributed by atoms with van der Waals surface area (Å²) in [7, 11) is 0. The summed E-state index contributed by atoms with van der Waals surface area (Å²) in [5, 5.41) is 0. The van der Waals surface area contributed by atoms with E-state index < -0.39 is 0 Å². The smallest absolute Gasteiger partial charge is 0.225 e. The summed E-state index contributed by atoms with van der Waals surface area (Å²) < 4.78 is 13.8. The average Bonchev–Trinajstić information content (AvgIpc) is 2.48. The third-order valence-corrected chi connectivity index (χ3v) is 3.53. The van der Waals surface area contributed by atoms with Crippen LogP contribution in [0.3, 0.4) is 0 Å². The molecule has 2 aromatic rings. The third-order valence-electron chi connectivity index (χ3n) is 3.53. The van der Waals surface area contributed by atoms with Crippen LogP contribution in [0.2, 0.25) is 0 Å². The van der Waals surface area contributed by atoms with Crippen LogP contribution < -0.4 is 10.6 Å². The minimum atomic E-state index is -0.271. The number of nitrogens with two attached hydrogens (primary N) is 1. The van der Waals surface area contributed by atoms with Crippen LogP contribution in [0.1, 0.15) is 12.8 Å². The Kier molecular flexibility index (Phi) is 3.60. The number of nitrogens with zero attached hydrogens (tertiary/aromatic N) is 3. The third kappa shape index (κ3) is 2.63. The highest BCUT2D eigenvalue weighted by Crippen LogP contribution is 2.23. The molecule has 1 fully saturated rings. The topological polar surface area (TPSA) is 55.0 Å². The van der Waals surface area contributed by atoms with Crippen LogP contribution >= 0.6 is 0 Å². The highest BCUT2D eigenvalue weighted by atomic mass is 19.1. The molecule has 1 aliphatic rings. The Labute approximate surface area is 117 Å². The molecule has 1 saturated heterocycles. The molecule has 1 aliphatic heterocycles.